The third-order valence-electron chi connectivity index (χ3n) is 7.18. The van der Waals surface area contributed by atoms with Crippen LogP contribution < -0.4 is 9.62 Å². The molecule has 1 N–H and O–H groups in total. The number of carbonyl (C=O) groups is 2. The average molecular weight is 639 g/mol. The number of aryl methyl sites for hydroxylation is 2. The Kier molecular flexibility index (Phi) is 10.5. The van der Waals surface area contributed by atoms with E-state index in [0.717, 1.165) is 15.4 Å². The van der Waals surface area contributed by atoms with Crippen molar-refractivity contribution in [1.82, 2.24) is 10.2 Å². The summed E-state index contributed by atoms with van der Waals surface area (Å²) < 4.78 is 29.3. The summed E-state index contributed by atoms with van der Waals surface area (Å²) >= 11 is 13.0. The molecule has 0 radical (unpaired) electrons. The van der Waals surface area contributed by atoms with E-state index in [1.54, 1.807) is 61.5 Å². The van der Waals surface area contributed by atoms with Gasteiger partial charge in [0.25, 0.3) is 10.0 Å². The predicted octanol–water partition coefficient (Wildman–Crippen LogP) is 6.19. The number of nitrogens with zero attached hydrogens (tertiary/aromatic N) is 2. The van der Waals surface area contributed by atoms with Crippen molar-refractivity contribution in [2.75, 3.05) is 17.9 Å². The van der Waals surface area contributed by atoms with Gasteiger partial charge >= 0.3 is 0 Å². The molecule has 10 heteroatoms. The summed E-state index contributed by atoms with van der Waals surface area (Å²) in [5.74, 6) is -1.01. The molecule has 0 heterocycles. The zero-order valence-corrected chi connectivity index (χ0v) is 26.5. The summed E-state index contributed by atoms with van der Waals surface area (Å²) in [6, 6.07) is 26.7. The van der Waals surface area contributed by atoms with E-state index in [4.69, 9.17) is 23.2 Å². The minimum atomic E-state index is -4.19. The number of sulfonamides is 1. The highest BCUT2D eigenvalue weighted by Gasteiger charge is 2.35. The van der Waals surface area contributed by atoms with Crippen molar-refractivity contribution in [2.24, 2.45) is 0 Å². The molecule has 4 aromatic rings. The summed E-state index contributed by atoms with van der Waals surface area (Å²) in [6.07, 6.45) is 0.184. The van der Waals surface area contributed by atoms with Crippen molar-refractivity contribution >= 4 is 50.7 Å². The molecule has 1 atom stereocenters. The number of hydrogen-bond acceptors (Lipinski definition) is 4. The maximum Gasteiger partial charge on any atom is 0.264 e. The van der Waals surface area contributed by atoms with Crippen LogP contribution in [0.5, 0.6) is 0 Å². The Labute approximate surface area is 263 Å². The van der Waals surface area contributed by atoms with E-state index in [-0.39, 0.29) is 17.9 Å². The lowest BCUT2D eigenvalue weighted by Crippen LogP contribution is -2.53. The number of benzene rings is 4. The van der Waals surface area contributed by atoms with Gasteiger partial charge in [0.2, 0.25) is 11.8 Å². The standard InChI is InChI=1S/C33H33Cl2N3O4S/c1-23-16-18-26(19-17-23)43(41,42)38(30-15-8-7-10-24(30)2)22-32(39)37(21-27-28(34)13-9-14-29(27)35)31(33(40)36-3)20-25-11-5-4-6-12-25/h4-19,31H,20-22H2,1-3H3,(H,36,40)/t31-/m0/s1. The maximum atomic E-state index is 14.4. The van der Waals surface area contributed by atoms with Crippen LogP contribution in [-0.2, 0) is 32.6 Å². The number of halogens is 2. The first-order chi connectivity index (χ1) is 20.5. The van der Waals surface area contributed by atoms with Crippen LogP contribution in [0.25, 0.3) is 0 Å². The molecule has 0 saturated heterocycles. The van der Waals surface area contributed by atoms with E-state index in [2.05, 4.69) is 5.32 Å². The zero-order valence-electron chi connectivity index (χ0n) is 24.1. The maximum absolute atomic E-state index is 14.4. The summed E-state index contributed by atoms with van der Waals surface area (Å²) in [4.78, 5) is 29.2. The Morgan fingerprint density at radius 3 is 2.02 bits per heavy atom. The molecular formula is C33H33Cl2N3O4S. The zero-order chi connectivity index (χ0) is 31.1. The molecule has 0 spiro atoms. The number of nitrogens with one attached hydrogen (secondary N) is 1. The number of carbonyl (C=O) groups excluding carboxylic acids is 2. The highest BCUT2D eigenvalue weighted by atomic mass is 35.5. The Balaban J connectivity index is 1.83. The van der Waals surface area contributed by atoms with Crippen LogP contribution >= 0.6 is 23.2 Å². The summed E-state index contributed by atoms with van der Waals surface area (Å²) in [5, 5.41) is 3.31. The van der Waals surface area contributed by atoms with Gasteiger partial charge in [-0.05, 0) is 55.3 Å². The molecule has 0 fully saturated rings. The second kappa shape index (κ2) is 14.1. The fourth-order valence-corrected chi connectivity index (χ4v) is 6.76. The molecule has 43 heavy (non-hydrogen) atoms. The first-order valence-corrected chi connectivity index (χ1v) is 15.9. The number of hydrogen-bond donors (Lipinski definition) is 1. The SMILES string of the molecule is CNC(=O)[C@H](Cc1ccccc1)N(Cc1c(Cl)cccc1Cl)C(=O)CN(c1ccccc1C)S(=O)(=O)c1ccc(C)cc1. The second-order valence-corrected chi connectivity index (χ2v) is 12.8. The minimum absolute atomic E-state index is 0.0435. The van der Waals surface area contributed by atoms with Gasteiger partial charge in [-0.1, -0.05) is 95.5 Å². The third-order valence-corrected chi connectivity index (χ3v) is 9.66. The van der Waals surface area contributed by atoms with Crippen LogP contribution in [0.4, 0.5) is 5.69 Å². The van der Waals surface area contributed by atoms with Gasteiger partial charge in [0.15, 0.2) is 0 Å². The monoisotopic (exact) mass is 637 g/mol. The summed E-state index contributed by atoms with van der Waals surface area (Å²) in [7, 11) is -2.70. The second-order valence-electron chi connectivity index (χ2n) is 10.2. The number of para-hydroxylation sites is 1. The van der Waals surface area contributed by atoms with Crippen molar-refractivity contribution in [3.05, 3.63) is 129 Å². The molecule has 224 valence electrons. The minimum Gasteiger partial charge on any atom is -0.357 e. The average Bonchev–Trinajstić information content (AvgIpc) is 2.99. The smallest absolute Gasteiger partial charge is 0.264 e. The molecule has 0 aliphatic carbocycles. The molecule has 0 aliphatic rings. The lowest BCUT2D eigenvalue weighted by molar-refractivity contribution is -0.139. The van der Waals surface area contributed by atoms with Crippen molar-refractivity contribution in [2.45, 2.75) is 37.8 Å². The number of anilines is 1. The Bertz CT molecular complexity index is 1680. The Morgan fingerprint density at radius 2 is 1.42 bits per heavy atom. The van der Waals surface area contributed by atoms with Gasteiger partial charge < -0.3 is 10.2 Å². The van der Waals surface area contributed by atoms with Crippen LogP contribution in [0, 0.1) is 13.8 Å². The predicted molar refractivity (Wildman–Crippen MR) is 172 cm³/mol. The molecule has 0 aliphatic heterocycles. The van der Waals surface area contributed by atoms with Gasteiger partial charge in [-0.3, -0.25) is 13.9 Å². The van der Waals surface area contributed by atoms with Gasteiger partial charge in [-0.15, -0.1) is 0 Å². The first-order valence-electron chi connectivity index (χ1n) is 13.7. The Morgan fingerprint density at radius 1 is 0.814 bits per heavy atom. The molecular weight excluding hydrogens is 605 g/mol. The number of likely N-dealkylation sites (N-methyl/N-ethyl adjacent to an activating group) is 1. The topological polar surface area (TPSA) is 86.8 Å². The van der Waals surface area contributed by atoms with Gasteiger partial charge in [0.05, 0.1) is 10.6 Å². The van der Waals surface area contributed by atoms with Gasteiger partial charge in [0.1, 0.15) is 12.6 Å². The molecule has 0 unspecified atom stereocenters. The van der Waals surface area contributed by atoms with E-state index < -0.39 is 34.4 Å². The normalized spacial score (nSPS) is 11.9. The molecule has 4 rings (SSSR count). The van der Waals surface area contributed by atoms with Gasteiger partial charge in [0, 0.05) is 35.6 Å². The van der Waals surface area contributed by atoms with Crippen LogP contribution in [-0.4, -0.2) is 44.8 Å². The first kappa shape index (κ1) is 32.1. The van der Waals surface area contributed by atoms with Crippen LogP contribution in [0.1, 0.15) is 22.3 Å². The van der Waals surface area contributed by atoms with E-state index in [9.17, 15) is 18.0 Å². The molecule has 7 nitrogen and oxygen atoms in total. The highest BCUT2D eigenvalue weighted by Crippen LogP contribution is 2.30. The van der Waals surface area contributed by atoms with Crippen molar-refractivity contribution in [3.63, 3.8) is 0 Å². The van der Waals surface area contributed by atoms with E-state index in [1.807, 2.05) is 37.3 Å². The van der Waals surface area contributed by atoms with Crippen molar-refractivity contribution < 1.29 is 18.0 Å². The molecule has 4 aromatic carbocycles. The number of rotatable bonds is 11. The number of amides is 2. The van der Waals surface area contributed by atoms with Crippen LogP contribution in [0.15, 0.2) is 102 Å². The fraction of sp³-hybridized carbons (Fsp3) is 0.212. The van der Waals surface area contributed by atoms with Gasteiger partial charge in [-0.2, -0.15) is 0 Å². The fourth-order valence-electron chi connectivity index (χ4n) is 4.77. The van der Waals surface area contributed by atoms with E-state index in [1.165, 1.54) is 24.1 Å². The molecule has 0 bridgehead atoms. The van der Waals surface area contributed by atoms with Crippen molar-refractivity contribution in [3.8, 4) is 0 Å². The lowest BCUT2D eigenvalue weighted by atomic mass is 10.0. The summed E-state index contributed by atoms with van der Waals surface area (Å²) in [6.45, 7) is 2.96. The summed E-state index contributed by atoms with van der Waals surface area (Å²) in [5.41, 5.74) is 3.19. The van der Waals surface area contributed by atoms with Crippen LogP contribution in [0.2, 0.25) is 10.0 Å². The molecule has 0 saturated carbocycles. The highest BCUT2D eigenvalue weighted by molar-refractivity contribution is 7.92. The third kappa shape index (κ3) is 7.57. The largest absolute Gasteiger partial charge is 0.357 e. The molecule has 0 aromatic heterocycles. The van der Waals surface area contributed by atoms with Gasteiger partial charge in [-0.25, -0.2) is 8.42 Å². The molecule has 2 amide bonds. The van der Waals surface area contributed by atoms with E-state index in [0.29, 0.717) is 26.9 Å². The quantitative estimate of drug-likeness (QED) is 0.212. The van der Waals surface area contributed by atoms with Crippen molar-refractivity contribution in [1.29, 1.82) is 0 Å². The van der Waals surface area contributed by atoms with E-state index >= 15 is 0 Å². The van der Waals surface area contributed by atoms with Crippen LogP contribution in [0.3, 0.4) is 0 Å². The lowest BCUT2D eigenvalue weighted by Gasteiger charge is -2.34. The Hall–Kier alpha value is -3.85.